The lowest BCUT2D eigenvalue weighted by molar-refractivity contribution is 0.0971. The smallest absolute Gasteiger partial charge is 0.123 e. The van der Waals surface area contributed by atoms with E-state index in [1.807, 2.05) is 6.07 Å². The van der Waals surface area contributed by atoms with Gasteiger partial charge in [-0.3, -0.25) is 0 Å². The van der Waals surface area contributed by atoms with E-state index in [1.54, 1.807) is 6.07 Å². The van der Waals surface area contributed by atoms with E-state index in [0.29, 0.717) is 13.0 Å². The fourth-order valence-electron chi connectivity index (χ4n) is 2.02. The molecule has 96 valence electrons. The van der Waals surface area contributed by atoms with Gasteiger partial charge in [-0.2, -0.15) is 0 Å². The largest absolute Gasteiger partial charge is 0.392 e. The van der Waals surface area contributed by atoms with Gasteiger partial charge in [-0.25, -0.2) is 4.39 Å². The van der Waals surface area contributed by atoms with Crippen LogP contribution in [0.15, 0.2) is 24.3 Å². The minimum Gasteiger partial charge on any atom is -0.392 e. The molecule has 0 bridgehead atoms. The highest BCUT2D eigenvalue weighted by molar-refractivity contribution is 5.22. The lowest BCUT2D eigenvalue weighted by atomic mass is 9.82. The van der Waals surface area contributed by atoms with Gasteiger partial charge in [-0.05, 0) is 29.5 Å². The number of aliphatic hydroxyl groups is 1. The molecule has 17 heavy (non-hydrogen) atoms. The van der Waals surface area contributed by atoms with Crippen molar-refractivity contribution in [1.29, 1.82) is 0 Å². The van der Waals surface area contributed by atoms with Crippen LogP contribution in [0.2, 0.25) is 0 Å². The van der Waals surface area contributed by atoms with Gasteiger partial charge in [0.15, 0.2) is 0 Å². The molecule has 0 saturated carbocycles. The Morgan fingerprint density at radius 2 is 2.00 bits per heavy atom. The van der Waals surface area contributed by atoms with Crippen LogP contribution in [-0.4, -0.2) is 17.8 Å². The lowest BCUT2D eigenvalue weighted by Gasteiger charge is -2.28. The highest BCUT2D eigenvalue weighted by Crippen LogP contribution is 2.29. The summed E-state index contributed by atoms with van der Waals surface area (Å²) in [6, 6.07) is 6.31. The minimum atomic E-state index is -0.540. The van der Waals surface area contributed by atoms with Crippen LogP contribution in [0.4, 0.5) is 4.39 Å². The molecule has 0 spiro atoms. The summed E-state index contributed by atoms with van der Waals surface area (Å²) >= 11 is 0. The Kier molecular flexibility index (Phi) is 4.66. The minimum absolute atomic E-state index is 0.0279. The highest BCUT2D eigenvalue weighted by Gasteiger charge is 2.25. The molecule has 0 radical (unpaired) electrons. The Balaban J connectivity index is 2.84. The first-order valence-corrected chi connectivity index (χ1v) is 5.97. The van der Waals surface area contributed by atoms with E-state index in [1.165, 1.54) is 12.1 Å². The topological polar surface area (TPSA) is 46.2 Å². The van der Waals surface area contributed by atoms with Crippen molar-refractivity contribution in [2.75, 3.05) is 6.54 Å². The maximum atomic E-state index is 13.1. The number of halogens is 1. The van der Waals surface area contributed by atoms with Crippen LogP contribution in [0.1, 0.15) is 38.7 Å². The third kappa shape index (κ3) is 4.44. The Bertz CT molecular complexity index is 359. The van der Waals surface area contributed by atoms with E-state index in [4.69, 9.17) is 5.73 Å². The summed E-state index contributed by atoms with van der Waals surface area (Å²) in [5, 5.41) is 10.2. The first kappa shape index (κ1) is 14.1. The van der Waals surface area contributed by atoms with E-state index in [-0.39, 0.29) is 17.2 Å². The van der Waals surface area contributed by atoms with E-state index < -0.39 is 6.10 Å². The Morgan fingerprint density at radius 1 is 1.35 bits per heavy atom. The molecule has 0 saturated heterocycles. The summed E-state index contributed by atoms with van der Waals surface area (Å²) < 4.78 is 13.1. The lowest BCUT2D eigenvalue weighted by Crippen LogP contribution is -2.29. The van der Waals surface area contributed by atoms with Crippen LogP contribution in [0, 0.1) is 11.2 Å². The standard InChI is InChI=1S/C14H22FNO/c1-14(2,3)8-13(17)12(9-16)10-5-4-6-11(15)7-10/h4-7,12-13,17H,8-9,16H2,1-3H3. The third-order valence-corrected chi connectivity index (χ3v) is 2.82. The van der Waals surface area contributed by atoms with Crippen molar-refractivity contribution in [3.05, 3.63) is 35.6 Å². The Morgan fingerprint density at radius 3 is 2.47 bits per heavy atom. The maximum Gasteiger partial charge on any atom is 0.123 e. The molecular formula is C14H22FNO. The van der Waals surface area contributed by atoms with E-state index in [9.17, 15) is 9.50 Å². The van der Waals surface area contributed by atoms with Gasteiger partial charge in [0, 0.05) is 12.5 Å². The van der Waals surface area contributed by atoms with Crippen LogP contribution in [0.25, 0.3) is 0 Å². The molecule has 1 rings (SSSR count). The second kappa shape index (κ2) is 5.61. The first-order chi connectivity index (χ1) is 7.83. The highest BCUT2D eigenvalue weighted by atomic mass is 19.1. The molecule has 3 heteroatoms. The van der Waals surface area contributed by atoms with Gasteiger partial charge in [0.05, 0.1) is 6.10 Å². The number of hydrogen-bond donors (Lipinski definition) is 2. The summed E-state index contributed by atoms with van der Waals surface area (Å²) in [4.78, 5) is 0. The predicted molar refractivity (Wildman–Crippen MR) is 68.3 cm³/mol. The maximum absolute atomic E-state index is 13.1. The summed E-state index contributed by atoms with van der Waals surface area (Å²) in [7, 11) is 0. The number of benzene rings is 1. The molecule has 0 heterocycles. The molecule has 2 unspecified atom stereocenters. The average molecular weight is 239 g/mol. The number of hydrogen-bond acceptors (Lipinski definition) is 2. The molecule has 0 aromatic heterocycles. The monoisotopic (exact) mass is 239 g/mol. The molecule has 3 N–H and O–H groups in total. The number of nitrogens with two attached hydrogens (primary N) is 1. The van der Waals surface area contributed by atoms with Crippen molar-refractivity contribution in [3.8, 4) is 0 Å². The first-order valence-electron chi connectivity index (χ1n) is 5.97. The van der Waals surface area contributed by atoms with Crippen molar-refractivity contribution in [2.24, 2.45) is 11.1 Å². The normalized spacial score (nSPS) is 15.6. The van der Waals surface area contributed by atoms with Gasteiger partial charge in [-0.15, -0.1) is 0 Å². The van der Waals surface area contributed by atoms with E-state index in [0.717, 1.165) is 5.56 Å². The van der Waals surface area contributed by atoms with Crippen molar-refractivity contribution in [3.63, 3.8) is 0 Å². The van der Waals surface area contributed by atoms with Gasteiger partial charge < -0.3 is 10.8 Å². The average Bonchev–Trinajstić information content (AvgIpc) is 2.15. The quantitative estimate of drug-likeness (QED) is 0.848. The molecule has 1 aromatic carbocycles. The van der Waals surface area contributed by atoms with Crippen LogP contribution in [0.5, 0.6) is 0 Å². The summed E-state index contributed by atoms with van der Waals surface area (Å²) in [5.74, 6) is -0.492. The van der Waals surface area contributed by atoms with Gasteiger partial charge in [0.25, 0.3) is 0 Å². The SMILES string of the molecule is CC(C)(C)CC(O)C(CN)c1cccc(F)c1. The second-order valence-electron chi connectivity index (χ2n) is 5.73. The van der Waals surface area contributed by atoms with Crippen LogP contribution in [-0.2, 0) is 0 Å². The zero-order valence-electron chi connectivity index (χ0n) is 10.8. The molecule has 0 amide bonds. The molecule has 0 aliphatic heterocycles. The van der Waals surface area contributed by atoms with Gasteiger partial charge >= 0.3 is 0 Å². The van der Waals surface area contributed by atoms with Crippen molar-refractivity contribution in [2.45, 2.75) is 39.2 Å². The van der Waals surface area contributed by atoms with E-state index >= 15 is 0 Å². The zero-order valence-corrected chi connectivity index (χ0v) is 10.8. The van der Waals surface area contributed by atoms with Gasteiger partial charge in [0.1, 0.15) is 5.82 Å². The summed E-state index contributed by atoms with van der Waals surface area (Å²) in [6.07, 6.45) is 0.104. The zero-order chi connectivity index (χ0) is 13.1. The van der Waals surface area contributed by atoms with Crippen LogP contribution >= 0.6 is 0 Å². The molecule has 2 atom stereocenters. The second-order valence-corrected chi connectivity index (χ2v) is 5.73. The van der Waals surface area contributed by atoms with Crippen molar-refractivity contribution in [1.82, 2.24) is 0 Å². The number of aliphatic hydroxyl groups excluding tert-OH is 1. The van der Waals surface area contributed by atoms with Gasteiger partial charge in [0.2, 0.25) is 0 Å². The summed E-state index contributed by atoms with van der Waals surface area (Å²) in [5.41, 5.74) is 6.49. The van der Waals surface area contributed by atoms with Crippen LogP contribution in [0.3, 0.4) is 0 Å². The van der Waals surface area contributed by atoms with Crippen molar-refractivity contribution < 1.29 is 9.50 Å². The fraction of sp³-hybridized carbons (Fsp3) is 0.571. The molecule has 0 fully saturated rings. The Hall–Kier alpha value is -0.930. The molecule has 2 nitrogen and oxygen atoms in total. The molecular weight excluding hydrogens is 217 g/mol. The van der Waals surface area contributed by atoms with Gasteiger partial charge in [-0.1, -0.05) is 32.9 Å². The fourth-order valence-corrected chi connectivity index (χ4v) is 2.02. The molecule has 0 aliphatic rings. The summed E-state index contributed by atoms with van der Waals surface area (Å²) in [6.45, 7) is 6.51. The van der Waals surface area contributed by atoms with E-state index in [2.05, 4.69) is 20.8 Å². The third-order valence-electron chi connectivity index (χ3n) is 2.82. The van der Waals surface area contributed by atoms with Crippen LogP contribution < -0.4 is 5.73 Å². The predicted octanol–water partition coefficient (Wildman–Crippen LogP) is 2.67. The Labute approximate surface area is 103 Å². The van der Waals surface area contributed by atoms with Crippen molar-refractivity contribution >= 4 is 0 Å². The molecule has 0 aliphatic carbocycles. The number of rotatable bonds is 4. The molecule has 1 aromatic rings.